The summed E-state index contributed by atoms with van der Waals surface area (Å²) in [6.45, 7) is 4.69. The minimum Gasteiger partial charge on any atom is -0.354 e. The first-order valence-corrected chi connectivity index (χ1v) is 10.4. The molecule has 3 heteroatoms. The van der Waals surface area contributed by atoms with E-state index >= 15 is 0 Å². The molecule has 0 saturated heterocycles. The Morgan fingerprint density at radius 2 is 1.84 bits per heavy atom. The van der Waals surface area contributed by atoms with Crippen molar-refractivity contribution in [3.63, 3.8) is 0 Å². The summed E-state index contributed by atoms with van der Waals surface area (Å²) in [5, 5.41) is 0. The highest BCUT2D eigenvalue weighted by Gasteiger charge is 2.52. The van der Waals surface area contributed by atoms with Crippen LogP contribution in [-0.2, 0) is 12.6 Å². The van der Waals surface area contributed by atoms with Crippen molar-refractivity contribution in [3.8, 4) is 0 Å². The molecule has 0 amide bonds. The van der Waals surface area contributed by atoms with Crippen molar-refractivity contribution in [2.45, 2.75) is 57.5 Å². The molecule has 1 saturated carbocycles. The van der Waals surface area contributed by atoms with Crippen molar-refractivity contribution >= 4 is 27.2 Å². The molecular formula is C22H26N2S. The summed E-state index contributed by atoms with van der Waals surface area (Å²) >= 11 is 2.02. The predicted octanol–water partition coefficient (Wildman–Crippen LogP) is 6.29. The SMILES string of the molecule is Cc1ccccc1N1[C@@H](C)c2sc3ccn(C)c3c2C12CCCCC2. The molecule has 130 valence electrons. The lowest BCUT2D eigenvalue weighted by molar-refractivity contribution is 0.285. The molecule has 3 heterocycles. The van der Waals surface area contributed by atoms with Gasteiger partial charge in [0, 0.05) is 29.4 Å². The van der Waals surface area contributed by atoms with E-state index in [9.17, 15) is 0 Å². The quantitative estimate of drug-likeness (QED) is 0.501. The monoisotopic (exact) mass is 350 g/mol. The molecule has 5 rings (SSSR count). The second-order valence-electron chi connectivity index (χ2n) is 7.91. The van der Waals surface area contributed by atoms with Crippen LogP contribution in [0, 0.1) is 6.92 Å². The van der Waals surface area contributed by atoms with E-state index in [0.29, 0.717) is 6.04 Å². The van der Waals surface area contributed by atoms with Crippen LogP contribution in [0.15, 0.2) is 36.5 Å². The van der Waals surface area contributed by atoms with Gasteiger partial charge in [-0.3, -0.25) is 0 Å². The van der Waals surface area contributed by atoms with Crippen molar-refractivity contribution in [1.29, 1.82) is 0 Å². The van der Waals surface area contributed by atoms with Crippen LogP contribution in [0.25, 0.3) is 10.2 Å². The van der Waals surface area contributed by atoms with Crippen molar-refractivity contribution in [2.24, 2.45) is 7.05 Å². The molecule has 1 spiro atoms. The van der Waals surface area contributed by atoms with Gasteiger partial charge < -0.3 is 9.47 Å². The number of nitrogens with zero attached hydrogens (tertiary/aromatic N) is 2. The van der Waals surface area contributed by atoms with Gasteiger partial charge in [0.2, 0.25) is 0 Å². The molecule has 0 unspecified atom stereocenters. The van der Waals surface area contributed by atoms with Gasteiger partial charge in [-0.2, -0.15) is 0 Å². The van der Waals surface area contributed by atoms with Gasteiger partial charge in [-0.1, -0.05) is 37.5 Å². The van der Waals surface area contributed by atoms with Crippen LogP contribution in [0.1, 0.15) is 61.1 Å². The highest BCUT2D eigenvalue weighted by Crippen LogP contribution is 2.59. The molecule has 1 aliphatic carbocycles. The lowest BCUT2D eigenvalue weighted by Crippen LogP contribution is -2.44. The summed E-state index contributed by atoms with van der Waals surface area (Å²) in [6.07, 6.45) is 8.88. The van der Waals surface area contributed by atoms with Crippen LogP contribution in [0.3, 0.4) is 0 Å². The van der Waals surface area contributed by atoms with E-state index in [4.69, 9.17) is 0 Å². The van der Waals surface area contributed by atoms with E-state index in [0.717, 1.165) is 0 Å². The Bertz CT molecular complexity index is 942. The lowest BCUT2D eigenvalue weighted by Gasteiger charge is -2.46. The third kappa shape index (κ3) is 1.96. The number of aryl methyl sites for hydroxylation is 2. The van der Waals surface area contributed by atoms with E-state index in [1.54, 1.807) is 10.4 Å². The van der Waals surface area contributed by atoms with E-state index in [1.165, 1.54) is 53.6 Å². The molecule has 2 nitrogen and oxygen atoms in total. The van der Waals surface area contributed by atoms with Crippen molar-refractivity contribution in [3.05, 3.63) is 52.5 Å². The van der Waals surface area contributed by atoms with Crippen molar-refractivity contribution < 1.29 is 0 Å². The Balaban J connectivity index is 1.80. The number of benzene rings is 1. The van der Waals surface area contributed by atoms with Gasteiger partial charge in [-0.15, -0.1) is 11.3 Å². The molecule has 1 aliphatic heterocycles. The lowest BCUT2D eigenvalue weighted by atomic mass is 9.76. The zero-order valence-corrected chi connectivity index (χ0v) is 16.2. The molecule has 1 fully saturated rings. The molecule has 25 heavy (non-hydrogen) atoms. The minimum atomic E-state index is 0.184. The van der Waals surface area contributed by atoms with Gasteiger partial charge >= 0.3 is 0 Å². The Kier molecular flexibility index (Phi) is 3.34. The highest BCUT2D eigenvalue weighted by molar-refractivity contribution is 7.19. The topological polar surface area (TPSA) is 8.17 Å². The number of fused-ring (bicyclic) bond motifs is 4. The Hall–Kier alpha value is -1.74. The summed E-state index contributed by atoms with van der Waals surface area (Å²) in [4.78, 5) is 4.39. The number of anilines is 1. The van der Waals surface area contributed by atoms with Crippen molar-refractivity contribution in [1.82, 2.24) is 4.57 Å². The standard InChI is InChI=1S/C22H26N2S/c1-15-9-5-6-10-17(15)24-16(2)21-19(22(24)12-7-4-8-13-22)20-18(25-21)11-14-23(20)3/h5-6,9-11,14,16H,4,7-8,12-13H2,1-3H3/t16-/m0/s1. The minimum absolute atomic E-state index is 0.184. The number of thiophene rings is 1. The van der Waals surface area contributed by atoms with Gasteiger partial charge in [0.1, 0.15) is 0 Å². The number of rotatable bonds is 1. The molecule has 0 radical (unpaired) electrons. The fourth-order valence-corrected chi connectivity index (χ4v) is 6.80. The highest BCUT2D eigenvalue weighted by atomic mass is 32.1. The molecule has 0 bridgehead atoms. The zero-order chi connectivity index (χ0) is 17.2. The molecule has 2 aromatic heterocycles. The third-order valence-electron chi connectivity index (χ3n) is 6.49. The zero-order valence-electron chi connectivity index (χ0n) is 15.4. The van der Waals surface area contributed by atoms with Crippen molar-refractivity contribution in [2.75, 3.05) is 4.90 Å². The maximum atomic E-state index is 2.79. The molecule has 3 aromatic rings. The Morgan fingerprint density at radius 1 is 1.08 bits per heavy atom. The molecular weight excluding hydrogens is 324 g/mol. The van der Waals surface area contributed by atoms with Crippen LogP contribution < -0.4 is 4.90 Å². The van der Waals surface area contributed by atoms with Gasteiger partial charge in [0.25, 0.3) is 0 Å². The van der Waals surface area contributed by atoms with Crippen LogP contribution in [-0.4, -0.2) is 4.57 Å². The fraction of sp³-hybridized carbons (Fsp3) is 0.455. The Morgan fingerprint density at radius 3 is 2.60 bits per heavy atom. The van der Waals surface area contributed by atoms with Gasteiger partial charge in [0.15, 0.2) is 0 Å². The first kappa shape index (κ1) is 15.5. The first-order chi connectivity index (χ1) is 12.1. The summed E-state index contributed by atoms with van der Waals surface area (Å²) in [5.41, 5.74) is 6.16. The fourth-order valence-electron chi connectivity index (χ4n) is 5.43. The Labute approximate surface area is 154 Å². The second-order valence-corrected chi connectivity index (χ2v) is 8.99. The van der Waals surface area contributed by atoms with Gasteiger partial charge in [-0.25, -0.2) is 0 Å². The van der Waals surface area contributed by atoms with E-state index < -0.39 is 0 Å². The molecule has 1 atom stereocenters. The summed E-state index contributed by atoms with van der Waals surface area (Å²) in [7, 11) is 2.22. The largest absolute Gasteiger partial charge is 0.354 e. The molecule has 0 N–H and O–H groups in total. The number of para-hydroxylation sites is 1. The number of hydrogen-bond acceptors (Lipinski definition) is 2. The first-order valence-electron chi connectivity index (χ1n) is 9.57. The number of hydrogen-bond donors (Lipinski definition) is 0. The van der Waals surface area contributed by atoms with E-state index in [-0.39, 0.29) is 5.54 Å². The number of aromatic nitrogens is 1. The van der Waals surface area contributed by atoms with Crippen LogP contribution >= 0.6 is 11.3 Å². The van der Waals surface area contributed by atoms with E-state index in [1.807, 2.05) is 11.3 Å². The average molecular weight is 351 g/mol. The normalized spacial score (nSPS) is 22.0. The van der Waals surface area contributed by atoms with E-state index in [2.05, 4.69) is 66.9 Å². The maximum absolute atomic E-state index is 2.79. The van der Waals surface area contributed by atoms with Crippen LogP contribution in [0.5, 0.6) is 0 Å². The smallest absolute Gasteiger partial charge is 0.0692 e. The van der Waals surface area contributed by atoms with Gasteiger partial charge in [0.05, 0.1) is 21.8 Å². The molecule has 1 aromatic carbocycles. The summed E-state index contributed by atoms with van der Waals surface area (Å²) in [6, 6.07) is 11.7. The summed E-state index contributed by atoms with van der Waals surface area (Å²) < 4.78 is 3.82. The second kappa shape index (κ2) is 5.38. The molecule has 2 aliphatic rings. The summed E-state index contributed by atoms with van der Waals surface area (Å²) in [5.74, 6) is 0. The van der Waals surface area contributed by atoms with Crippen LogP contribution in [0.4, 0.5) is 5.69 Å². The van der Waals surface area contributed by atoms with Crippen LogP contribution in [0.2, 0.25) is 0 Å². The van der Waals surface area contributed by atoms with Gasteiger partial charge in [-0.05, 0) is 44.4 Å². The predicted molar refractivity (Wildman–Crippen MR) is 108 cm³/mol. The maximum Gasteiger partial charge on any atom is 0.0692 e. The third-order valence-corrected chi connectivity index (χ3v) is 7.80. The average Bonchev–Trinajstić information content (AvgIpc) is 3.23.